The third-order valence-electron chi connectivity index (χ3n) is 3.42. The number of ketones is 1. The van der Waals surface area contributed by atoms with Gasteiger partial charge in [0.05, 0.1) is 0 Å². The Bertz CT molecular complexity index is 298. The third-order valence-corrected chi connectivity index (χ3v) is 3.42. The number of hydrogen-bond acceptors (Lipinski definition) is 2. The zero-order valence-electron chi connectivity index (χ0n) is 9.41. The molecule has 15 heavy (non-hydrogen) atoms. The molecule has 2 aliphatic rings. The SMILES string of the molecule is CN(CC1=CC=CC(=O)C1)C1CCCC1. The predicted molar refractivity (Wildman–Crippen MR) is 61.7 cm³/mol. The lowest BCUT2D eigenvalue weighted by atomic mass is 10.0. The second kappa shape index (κ2) is 4.75. The standard InChI is InChI=1S/C13H19NO/c1-14(12-6-2-3-7-12)10-11-5-4-8-13(15)9-11/h4-5,8,12H,2-3,6-7,9-10H2,1H3. The highest BCUT2D eigenvalue weighted by molar-refractivity contribution is 5.93. The van der Waals surface area contributed by atoms with Crippen LogP contribution >= 0.6 is 0 Å². The summed E-state index contributed by atoms with van der Waals surface area (Å²) in [5.74, 6) is 0.243. The fourth-order valence-electron chi connectivity index (χ4n) is 2.54. The van der Waals surface area contributed by atoms with Crippen molar-refractivity contribution in [3.05, 3.63) is 23.8 Å². The molecular weight excluding hydrogens is 186 g/mol. The summed E-state index contributed by atoms with van der Waals surface area (Å²) in [5.41, 5.74) is 1.26. The lowest BCUT2D eigenvalue weighted by Crippen LogP contribution is -2.31. The second-order valence-corrected chi connectivity index (χ2v) is 4.68. The predicted octanol–water partition coefficient (Wildman–Crippen LogP) is 2.32. The van der Waals surface area contributed by atoms with Gasteiger partial charge in [-0.3, -0.25) is 9.69 Å². The van der Waals surface area contributed by atoms with Gasteiger partial charge in [0, 0.05) is 19.0 Å². The Balaban J connectivity index is 1.88. The van der Waals surface area contributed by atoms with Crippen molar-refractivity contribution in [2.45, 2.75) is 38.1 Å². The number of hydrogen-bond donors (Lipinski definition) is 0. The number of carbonyl (C=O) groups is 1. The van der Waals surface area contributed by atoms with E-state index in [9.17, 15) is 4.79 Å². The third kappa shape index (κ3) is 2.78. The second-order valence-electron chi connectivity index (χ2n) is 4.68. The average Bonchev–Trinajstić information content (AvgIpc) is 2.70. The fourth-order valence-corrected chi connectivity index (χ4v) is 2.54. The normalized spacial score (nSPS) is 22.5. The highest BCUT2D eigenvalue weighted by Crippen LogP contribution is 2.23. The van der Waals surface area contributed by atoms with E-state index in [2.05, 4.69) is 18.0 Å². The van der Waals surface area contributed by atoms with Crippen molar-refractivity contribution in [3.63, 3.8) is 0 Å². The first kappa shape index (κ1) is 10.6. The number of nitrogens with zero attached hydrogens (tertiary/aromatic N) is 1. The first-order valence-corrected chi connectivity index (χ1v) is 5.85. The van der Waals surface area contributed by atoms with Crippen LogP contribution in [0, 0.1) is 0 Å². The molecule has 82 valence electrons. The molecule has 0 aromatic carbocycles. The van der Waals surface area contributed by atoms with Gasteiger partial charge in [-0.25, -0.2) is 0 Å². The Morgan fingerprint density at radius 1 is 1.40 bits per heavy atom. The summed E-state index contributed by atoms with van der Waals surface area (Å²) in [6.45, 7) is 0.959. The Morgan fingerprint density at radius 2 is 2.13 bits per heavy atom. The summed E-state index contributed by atoms with van der Waals surface area (Å²) < 4.78 is 0. The Kier molecular flexibility index (Phi) is 3.37. The van der Waals surface area contributed by atoms with E-state index in [0.29, 0.717) is 6.42 Å². The minimum absolute atomic E-state index is 0.243. The maximum atomic E-state index is 11.2. The van der Waals surface area contributed by atoms with E-state index in [1.165, 1.54) is 31.3 Å². The van der Waals surface area contributed by atoms with Crippen LogP contribution in [0.5, 0.6) is 0 Å². The monoisotopic (exact) mass is 205 g/mol. The average molecular weight is 205 g/mol. The van der Waals surface area contributed by atoms with Gasteiger partial charge in [0.25, 0.3) is 0 Å². The molecule has 0 amide bonds. The molecule has 0 aromatic heterocycles. The first-order valence-electron chi connectivity index (χ1n) is 5.85. The van der Waals surface area contributed by atoms with Gasteiger partial charge in [0.1, 0.15) is 0 Å². The molecule has 0 aliphatic heterocycles. The fraction of sp³-hybridized carbons (Fsp3) is 0.615. The summed E-state index contributed by atoms with van der Waals surface area (Å²) >= 11 is 0. The van der Waals surface area contributed by atoms with Gasteiger partial charge >= 0.3 is 0 Å². The van der Waals surface area contributed by atoms with Crippen LogP contribution in [0.25, 0.3) is 0 Å². The molecule has 2 aliphatic carbocycles. The molecule has 0 saturated heterocycles. The zero-order valence-corrected chi connectivity index (χ0v) is 9.41. The maximum Gasteiger partial charge on any atom is 0.159 e. The van der Waals surface area contributed by atoms with Gasteiger partial charge in [-0.15, -0.1) is 0 Å². The van der Waals surface area contributed by atoms with Gasteiger partial charge in [-0.05, 0) is 31.5 Å². The van der Waals surface area contributed by atoms with Crippen molar-refractivity contribution in [1.82, 2.24) is 4.90 Å². The summed E-state index contributed by atoms with van der Waals surface area (Å²) in [5, 5.41) is 0. The Hall–Kier alpha value is -0.890. The van der Waals surface area contributed by atoms with E-state index in [0.717, 1.165) is 12.6 Å². The van der Waals surface area contributed by atoms with E-state index < -0.39 is 0 Å². The molecule has 0 heterocycles. The van der Waals surface area contributed by atoms with Crippen LogP contribution in [0.1, 0.15) is 32.1 Å². The molecule has 2 nitrogen and oxygen atoms in total. The van der Waals surface area contributed by atoms with Gasteiger partial charge in [-0.2, -0.15) is 0 Å². The zero-order chi connectivity index (χ0) is 10.7. The van der Waals surface area contributed by atoms with Crippen LogP contribution in [0.15, 0.2) is 23.8 Å². The molecule has 0 radical (unpaired) electrons. The van der Waals surface area contributed by atoms with Crippen molar-refractivity contribution in [2.75, 3.05) is 13.6 Å². The molecule has 2 heteroatoms. The molecule has 1 fully saturated rings. The number of carbonyl (C=O) groups excluding carboxylic acids is 1. The lowest BCUT2D eigenvalue weighted by Gasteiger charge is -2.25. The smallest absolute Gasteiger partial charge is 0.159 e. The molecule has 2 rings (SSSR count). The summed E-state index contributed by atoms with van der Waals surface area (Å²) in [6, 6.07) is 0.743. The largest absolute Gasteiger partial charge is 0.299 e. The van der Waals surface area contributed by atoms with Crippen LogP contribution in [-0.2, 0) is 4.79 Å². The summed E-state index contributed by atoms with van der Waals surface area (Å²) in [4.78, 5) is 13.6. The quantitative estimate of drug-likeness (QED) is 0.704. The minimum atomic E-state index is 0.243. The van der Waals surface area contributed by atoms with Crippen molar-refractivity contribution >= 4 is 5.78 Å². The molecule has 0 aromatic rings. The van der Waals surface area contributed by atoms with Gasteiger partial charge < -0.3 is 0 Å². The minimum Gasteiger partial charge on any atom is -0.299 e. The molecular formula is C13H19NO. The van der Waals surface area contributed by atoms with Crippen LogP contribution < -0.4 is 0 Å². The van der Waals surface area contributed by atoms with Crippen molar-refractivity contribution in [3.8, 4) is 0 Å². The van der Waals surface area contributed by atoms with E-state index in [-0.39, 0.29) is 5.78 Å². The molecule has 0 unspecified atom stereocenters. The number of likely N-dealkylation sites (N-methyl/N-ethyl adjacent to an activating group) is 1. The molecule has 0 N–H and O–H groups in total. The highest BCUT2D eigenvalue weighted by Gasteiger charge is 2.20. The van der Waals surface area contributed by atoms with Gasteiger partial charge in [-0.1, -0.05) is 25.0 Å². The van der Waals surface area contributed by atoms with Gasteiger partial charge in [0.2, 0.25) is 0 Å². The van der Waals surface area contributed by atoms with Gasteiger partial charge in [0.15, 0.2) is 5.78 Å². The van der Waals surface area contributed by atoms with E-state index in [4.69, 9.17) is 0 Å². The highest BCUT2D eigenvalue weighted by atomic mass is 16.1. The lowest BCUT2D eigenvalue weighted by molar-refractivity contribution is -0.114. The van der Waals surface area contributed by atoms with Crippen LogP contribution in [0.4, 0.5) is 0 Å². The van der Waals surface area contributed by atoms with Crippen molar-refractivity contribution in [1.29, 1.82) is 0 Å². The van der Waals surface area contributed by atoms with Crippen molar-refractivity contribution in [2.24, 2.45) is 0 Å². The van der Waals surface area contributed by atoms with Crippen LogP contribution in [0.2, 0.25) is 0 Å². The Morgan fingerprint density at radius 3 is 2.80 bits per heavy atom. The summed E-state index contributed by atoms with van der Waals surface area (Å²) in [7, 11) is 2.18. The molecule has 0 spiro atoms. The van der Waals surface area contributed by atoms with Crippen molar-refractivity contribution < 1.29 is 4.79 Å². The molecule has 0 atom stereocenters. The first-order chi connectivity index (χ1) is 7.25. The number of allylic oxidation sites excluding steroid dienone is 3. The summed E-state index contributed by atoms with van der Waals surface area (Å²) in [6.07, 6.45) is 11.6. The van der Waals surface area contributed by atoms with E-state index in [1.807, 2.05) is 6.08 Å². The molecule has 1 saturated carbocycles. The van der Waals surface area contributed by atoms with E-state index in [1.54, 1.807) is 6.08 Å². The van der Waals surface area contributed by atoms with Crippen LogP contribution in [-0.4, -0.2) is 30.3 Å². The molecule has 0 bridgehead atoms. The van der Waals surface area contributed by atoms with E-state index >= 15 is 0 Å². The Labute approximate surface area is 91.6 Å². The number of rotatable bonds is 3. The maximum absolute atomic E-state index is 11.2. The van der Waals surface area contributed by atoms with Crippen LogP contribution in [0.3, 0.4) is 0 Å². The topological polar surface area (TPSA) is 20.3 Å².